The maximum atomic E-state index is 12.1. The van der Waals surface area contributed by atoms with Crippen LogP contribution in [-0.4, -0.2) is 48.9 Å². The van der Waals surface area contributed by atoms with Crippen LogP contribution < -0.4 is 16.0 Å². The van der Waals surface area contributed by atoms with Gasteiger partial charge >= 0.3 is 5.97 Å². The van der Waals surface area contributed by atoms with Crippen LogP contribution >= 0.6 is 0 Å². The summed E-state index contributed by atoms with van der Waals surface area (Å²) in [4.78, 5) is 47.5. The first-order valence-electron chi connectivity index (χ1n) is 8.46. The van der Waals surface area contributed by atoms with Gasteiger partial charge in [-0.2, -0.15) is 0 Å². The fourth-order valence-corrected chi connectivity index (χ4v) is 2.01. The first-order chi connectivity index (χ1) is 12.3. The third-order valence-corrected chi connectivity index (χ3v) is 3.54. The highest BCUT2D eigenvalue weighted by Crippen LogP contribution is 1.99. The van der Waals surface area contributed by atoms with Crippen LogP contribution in [-0.2, 0) is 23.9 Å². The Balaban J connectivity index is 4.51. The van der Waals surface area contributed by atoms with E-state index in [1.807, 2.05) is 0 Å². The molecule has 0 unspecified atom stereocenters. The number of carbonyl (C=O) groups is 4. The SMILES string of the molecule is C=CCCCC(=O)N[C@@H](C)C(=O)N[C@@H](C)C(=O)N[C@@H](CC=C)C(=O)OC. The maximum Gasteiger partial charge on any atom is 0.328 e. The van der Waals surface area contributed by atoms with Gasteiger partial charge in [-0.15, -0.1) is 13.2 Å². The zero-order valence-corrected chi connectivity index (χ0v) is 15.7. The zero-order valence-electron chi connectivity index (χ0n) is 15.7. The van der Waals surface area contributed by atoms with Gasteiger partial charge in [0, 0.05) is 6.42 Å². The monoisotopic (exact) mass is 367 g/mol. The van der Waals surface area contributed by atoms with Crippen molar-refractivity contribution in [1.29, 1.82) is 0 Å². The number of allylic oxidation sites excluding steroid dienone is 1. The van der Waals surface area contributed by atoms with E-state index in [9.17, 15) is 19.2 Å². The summed E-state index contributed by atoms with van der Waals surface area (Å²) in [5.41, 5.74) is 0. The van der Waals surface area contributed by atoms with E-state index in [1.165, 1.54) is 27.0 Å². The first kappa shape index (κ1) is 23.4. The summed E-state index contributed by atoms with van der Waals surface area (Å²) in [5.74, 6) is -1.89. The molecule has 3 atom stereocenters. The Morgan fingerprint density at radius 1 is 0.962 bits per heavy atom. The number of methoxy groups -OCH3 is 1. The van der Waals surface area contributed by atoms with Gasteiger partial charge in [0.25, 0.3) is 0 Å². The van der Waals surface area contributed by atoms with Gasteiger partial charge < -0.3 is 20.7 Å². The third kappa shape index (κ3) is 9.00. The van der Waals surface area contributed by atoms with E-state index >= 15 is 0 Å². The summed E-state index contributed by atoms with van der Waals surface area (Å²) in [7, 11) is 1.22. The normalized spacial score (nSPS) is 13.5. The number of nitrogens with one attached hydrogen (secondary N) is 3. The number of amides is 3. The minimum atomic E-state index is -0.889. The second-order valence-electron chi connectivity index (χ2n) is 5.81. The highest BCUT2D eigenvalue weighted by atomic mass is 16.5. The highest BCUT2D eigenvalue weighted by Gasteiger charge is 2.25. The van der Waals surface area contributed by atoms with Crippen LogP contribution in [0.2, 0.25) is 0 Å². The van der Waals surface area contributed by atoms with E-state index < -0.39 is 35.9 Å². The van der Waals surface area contributed by atoms with E-state index in [0.29, 0.717) is 12.8 Å². The van der Waals surface area contributed by atoms with Crippen molar-refractivity contribution in [2.45, 2.75) is 57.7 Å². The minimum Gasteiger partial charge on any atom is -0.467 e. The molecular formula is C18H29N3O5. The average Bonchev–Trinajstić information content (AvgIpc) is 2.60. The van der Waals surface area contributed by atoms with Crippen LogP contribution in [0.3, 0.4) is 0 Å². The number of unbranched alkanes of at least 4 members (excludes halogenated alkanes) is 1. The van der Waals surface area contributed by atoms with Crippen molar-refractivity contribution in [2.24, 2.45) is 0 Å². The Morgan fingerprint density at radius 3 is 2.08 bits per heavy atom. The number of hydrogen-bond acceptors (Lipinski definition) is 5. The van der Waals surface area contributed by atoms with E-state index in [2.05, 4.69) is 33.8 Å². The number of rotatable bonds is 12. The van der Waals surface area contributed by atoms with E-state index in [1.54, 1.807) is 6.08 Å². The van der Waals surface area contributed by atoms with Crippen molar-refractivity contribution >= 4 is 23.7 Å². The predicted molar refractivity (Wildman–Crippen MR) is 98.0 cm³/mol. The standard InChI is InChI=1S/C18H29N3O5/c1-6-8-9-11-15(22)19-12(3)16(23)20-13(4)17(24)21-14(10-7-2)18(25)26-5/h6-7,12-14H,1-2,8-11H2,3-5H3,(H,19,22)(H,20,23)(H,21,24)/t12-,13-,14-/m0/s1. The van der Waals surface area contributed by atoms with Gasteiger partial charge in [-0.25, -0.2) is 4.79 Å². The number of ether oxygens (including phenoxy) is 1. The van der Waals surface area contributed by atoms with E-state index in [-0.39, 0.29) is 12.3 Å². The van der Waals surface area contributed by atoms with Crippen LogP contribution in [0.15, 0.2) is 25.3 Å². The second kappa shape index (κ2) is 12.7. The quantitative estimate of drug-likeness (QED) is 0.265. The molecule has 3 amide bonds. The van der Waals surface area contributed by atoms with Crippen LogP contribution in [0.4, 0.5) is 0 Å². The van der Waals surface area contributed by atoms with Gasteiger partial charge in [-0.3, -0.25) is 14.4 Å². The van der Waals surface area contributed by atoms with Crippen molar-refractivity contribution in [3.8, 4) is 0 Å². The lowest BCUT2D eigenvalue weighted by atomic mass is 10.1. The Labute approximate surface area is 154 Å². The van der Waals surface area contributed by atoms with Gasteiger partial charge in [0.2, 0.25) is 17.7 Å². The summed E-state index contributed by atoms with van der Waals surface area (Å²) in [6, 6.07) is -2.54. The topological polar surface area (TPSA) is 114 Å². The molecule has 0 rings (SSSR count). The minimum absolute atomic E-state index is 0.205. The Kier molecular flexibility index (Phi) is 11.4. The molecule has 146 valence electrons. The van der Waals surface area contributed by atoms with Gasteiger partial charge in [-0.1, -0.05) is 12.2 Å². The van der Waals surface area contributed by atoms with Gasteiger partial charge in [0.05, 0.1) is 7.11 Å². The van der Waals surface area contributed by atoms with E-state index in [0.717, 1.165) is 6.42 Å². The summed E-state index contributed by atoms with van der Waals surface area (Å²) >= 11 is 0. The zero-order chi connectivity index (χ0) is 20.1. The Hall–Kier alpha value is -2.64. The van der Waals surface area contributed by atoms with Gasteiger partial charge in [0.15, 0.2) is 0 Å². The van der Waals surface area contributed by atoms with Crippen LogP contribution in [0.25, 0.3) is 0 Å². The lowest BCUT2D eigenvalue weighted by Crippen LogP contribution is -2.54. The van der Waals surface area contributed by atoms with Crippen LogP contribution in [0.5, 0.6) is 0 Å². The number of esters is 1. The molecule has 0 aromatic rings. The van der Waals surface area contributed by atoms with Gasteiger partial charge in [0.1, 0.15) is 18.1 Å². The predicted octanol–water partition coefficient (Wildman–Crippen LogP) is 0.586. The molecule has 0 fully saturated rings. The third-order valence-electron chi connectivity index (χ3n) is 3.54. The van der Waals surface area contributed by atoms with Crippen molar-refractivity contribution in [2.75, 3.05) is 7.11 Å². The second-order valence-corrected chi connectivity index (χ2v) is 5.81. The van der Waals surface area contributed by atoms with Crippen molar-refractivity contribution in [1.82, 2.24) is 16.0 Å². The molecule has 0 aromatic heterocycles. The molecular weight excluding hydrogens is 338 g/mol. The summed E-state index contributed by atoms with van der Waals surface area (Å²) in [6.07, 6.45) is 5.07. The fourth-order valence-electron chi connectivity index (χ4n) is 2.01. The summed E-state index contributed by atoms with van der Waals surface area (Å²) in [5, 5.41) is 7.56. The molecule has 8 nitrogen and oxygen atoms in total. The lowest BCUT2D eigenvalue weighted by molar-refractivity contribution is -0.145. The van der Waals surface area contributed by atoms with Crippen molar-refractivity contribution in [3.05, 3.63) is 25.3 Å². The molecule has 26 heavy (non-hydrogen) atoms. The Bertz CT molecular complexity index is 533. The lowest BCUT2D eigenvalue weighted by Gasteiger charge is -2.21. The average molecular weight is 367 g/mol. The molecule has 0 saturated carbocycles. The molecule has 0 aliphatic rings. The molecule has 0 radical (unpaired) electrons. The molecule has 0 aliphatic heterocycles. The number of hydrogen-bond donors (Lipinski definition) is 3. The fraction of sp³-hybridized carbons (Fsp3) is 0.556. The first-order valence-corrected chi connectivity index (χ1v) is 8.46. The van der Waals surface area contributed by atoms with Gasteiger partial charge in [-0.05, 0) is 33.1 Å². The molecule has 8 heteroatoms. The molecule has 0 aromatic carbocycles. The smallest absolute Gasteiger partial charge is 0.328 e. The Morgan fingerprint density at radius 2 is 1.54 bits per heavy atom. The molecule has 0 bridgehead atoms. The highest BCUT2D eigenvalue weighted by molar-refractivity contribution is 5.93. The van der Waals surface area contributed by atoms with Crippen molar-refractivity contribution in [3.63, 3.8) is 0 Å². The summed E-state index contributed by atoms with van der Waals surface area (Å²) < 4.78 is 4.61. The maximum absolute atomic E-state index is 12.1. The number of carbonyl (C=O) groups excluding carboxylic acids is 4. The van der Waals surface area contributed by atoms with Crippen molar-refractivity contribution < 1.29 is 23.9 Å². The molecule has 0 heterocycles. The molecule has 0 saturated heterocycles. The van der Waals surface area contributed by atoms with E-state index in [4.69, 9.17) is 0 Å². The van der Waals surface area contributed by atoms with Crippen LogP contribution in [0, 0.1) is 0 Å². The largest absolute Gasteiger partial charge is 0.467 e. The summed E-state index contributed by atoms with van der Waals surface area (Å²) in [6.45, 7) is 10.1. The van der Waals surface area contributed by atoms with Crippen LogP contribution in [0.1, 0.15) is 39.5 Å². The molecule has 0 spiro atoms. The molecule has 0 aliphatic carbocycles. The molecule has 3 N–H and O–H groups in total.